The number of nitrogens with one attached hydrogen (secondary N) is 1. The van der Waals surface area contributed by atoms with E-state index in [1.807, 2.05) is 0 Å². The number of hydrogen-bond donors (Lipinski definition) is 2. The van der Waals surface area contributed by atoms with E-state index in [4.69, 9.17) is 5.11 Å². The molecule has 0 fully saturated rings. The van der Waals surface area contributed by atoms with Gasteiger partial charge in [0.05, 0.1) is 11.7 Å². The van der Waals surface area contributed by atoms with E-state index in [1.165, 1.54) is 0 Å². The number of sulfone groups is 1. The minimum absolute atomic E-state index is 0.133. The zero-order valence-electron chi connectivity index (χ0n) is 8.06. The fourth-order valence-electron chi connectivity index (χ4n) is 0.943. The average molecular weight is 221 g/mol. The SMILES string of the molecule is C=CCNCC(CS(C)(=O)=O)C(=O)O. The van der Waals surface area contributed by atoms with Gasteiger partial charge in [-0.05, 0) is 0 Å². The van der Waals surface area contributed by atoms with Crippen molar-refractivity contribution >= 4 is 15.8 Å². The Morgan fingerprint density at radius 2 is 2.21 bits per heavy atom. The molecule has 2 N–H and O–H groups in total. The summed E-state index contributed by atoms with van der Waals surface area (Å²) in [4.78, 5) is 10.6. The lowest BCUT2D eigenvalue weighted by molar-refractivity contribution is -0.140. The highest BCUT2D eigenvalue weighted by atomic mass is 32.2. The summed E-state index contributed by atoms with van der Waals surface area (Å²) in [6, 6.07) is 0. The lowest BCUT2D eigenvalue weighted by Gasteiger charge is -2.10. The third-order valence-corrected chi connectivity index (χ3v) is 2.54. The summed E-state index contributed by atoms with van der Waals surface area (Å²) in [6.45, 7) is 4.05. The van der Waals surface area contributed by atoms with Crippen molar-refractivity contribution in [2.75, 3.05) is 25.1 Å². The van der Waals surface area contributed by atoms with E-state index < -0.39 is 21.7 Å². The molecule has 0 aliphatic carbocycles. The molecule has 0 saturated heterocycles. The Hall–Kier alpha value is -0.880. The van der Waals surface area contributed by atoms with Gasteiger partial charge in [0.15, 0.2) is 0 Å². The zero-order valence-corrected chi connectivity index (χ0v) is 8.88. The molecule has 0 aromatic carbocycles. The molecule has 0 amide bonds. The van der Waals surface area contributed by atoms with Gasteiger partial charge in [0, 0.05) is 19.3 Å². The molecule has 1 unspecified atom stereocenters. The Morgan fingerprint density at radius 1 is 1.64 bits per heavy atom. The maximum Gasteiger partial charge on any atom is 0.308 e. The normalized spacial score (nSPS) is 13.5. The van der Waals surface area contributed by atoms with Crippen molar-refractivity contribution in [3.8, 4) is 0 Å². The summed E-state index contributed by atoms with van der Waals surface area (Å²) in [5.74, 6) is -2.34. The van der Waals surface area contributed by atoms with Crippen LogP contribution in [-0.4, -0.2) is 44.6 Å². The fraction of sp³-hybridized carbons (Fsp3) is 0.625. The first kappa shape index (κ1) is 13.1. The standard InChI is InChI=1S/C8H15NO4S/c1-3-4-9-5-7(8(10)11)6-14(2,12)13/h3,7,9H,1,4-6H2,2H3,(H,10,11). The van der Waals surface area contributed by atoms with E-state index in [0.29, 0.717) is 6.54 Å². The van der Waals surface area contributed by atoms with Gasteiger partial charge < -0.3 is 10.4 Å². The first-order valence-corrected chi connectivity index (χ1v) is 6.15. The number of hydrogen-bond acceptors (Lipinski definition) is 4. The minimum Gasteiger partial charge on any atom is -0.481 e. The first-order chi connectivity index (χ1) is 6.37. The Kier molecular flexibility index (Phi) is 5.40. The highest BCUT2D eigenvalue weighted by Crippen LogP contribution is 2.00. The van der Waals surface area contributed by atoms with Gasteiger partial charge >= 0.3 is 5.97 Å². The van der Waals surface area contributed by atoms with Crippen LogP contribution < -0.4 is 5.32 Å². The molecule has 0 heterocycles. The minimum atomic E-state index is -3.25. The smallest absolute Gasteiger partial charge is 0.308 e. The molecular formula is C8H15NO4S. The number of rotatable bonds is 7. The number of carboxylic acid groups (broad SMARTS) is 1. The van der Waals surface area contributed by atoms with Crippen LogP contribution in [0, 0.1) is 5.92 Å². The van der Waals surface area contributed by atoms with Crippen LogP contribution in [-0.2, 0) is 14.6 Å². The highest BCUT2D eigenvalue weighted by Gasteiger charge is 2.21. The lowest BCUT2D eigenvalue weighted by Crippen LogP contribution is -2.33. The van der Waals surface area contributed by atoms with E-state index in [-0.39, 0.29) is 12.3 Å². The van der Waals surface area contributed by atoms with Crippen LogP contribution in [0.1, 0.15) is 0 Å². The molecule has 0 saturated carbocycles. The van der Waals surface area contributed by atoms with Gasteiger partial charge in [-0.15, -0.1) is 6.58 Å². The predicted octanol–water partition coefficient (Wildman–Crippen LogP) is -0.493. The third-order valence-electron chi connectivity index (χ3n) is 1.53. The Balaban J connectivity index is 4.17. The molecule has 0 aromatic rings. The molecule has 5 nitrogen and oxygen atoms in total. The second-order valence-corrected chi connectivity index (χ2v) is 5.26. The van der Waals surface area contributed by atoms with E-state index in [0.717, 1.165) is 6.26 Å². The second kappa shape index (κ2) is 5.77. The molecule has 82 valence electrons. The molecule has 0 aliphatic heterocycles. The van der Waals surface area contributed by atoms with Crippen LogP contribution >= 0.6 is 0 Å². The van der Waals surface area contributed by atoms with Crippen molar-refractivity contribution in [1.29, 1.82) is 0 Å². The molecule has 14 heavy (non-hydrogen) atoms. The largest absolute Gasteiger partial charge is 0.481 e. The van der Waals surface area contributed by atoms with Gasteiger partial charge in [-0.3, -0.25) is 4.79 Å². The Bertz CT molecular complexity index is 296. The quantitative estimate of drug-likeness (QED) is 0.447. The summed E-state index contributed by atoms with van der Waals surface area (Å²) in [5.41, 5.74) is 0. The summed E-state index contributed by atoms with van der Waals surface area (Å²) in [6.07, 6.45) is 2.61. The molecule has 6 heteroatoms. The Morgan fingerprint density at radius 3 is 2.57 bits per heavy atom. The highest BCUT2D eigenvalue weighted by molar-refractivity contribution is 7.90. The van der Waals surface area contributed by atoms with Crippen LogP contribution in [0.5, 0.6) is 0 Å². The van der Waals surface area contributed by atoms with Gasteiger partial charge in [0.25, 0.3) is 0 Å². The first-order valence-electron chi connectivity index (χ1n) is 4.09. The van der Waals surface area contributed by atoms with Gasteiger partial charge in [-0.2, -0.15) is 0 Å². The van der Waals surface area contributed by atoms with E-state index >= 15 is 0 Å². The predicted molar refractivity (Wildman–Crippen MR) is 53.9 cm³/mol. The summed E-state index contributed by atoms with van der Waals surface area (Å²) < 4.78 is 21.7. The van der Waals surface area contributed by atoms with Crippen LogP contribution in [0.25, 0.3) is 0 Å². The third kappa shape index (κ3) is 6.62. The summed E-state index contributed by atoms with van der Waals surface area (Å²) in [7, 11) is -3.25. The van der Waals surface area contributed by atoms with Crippen LogP contribution in [0.4, 0.5) is 0 Å². The molecule has 0 aromatic heterocycles. The van der Waals surface area contributed by atoms with Crippen molar-refractivity contribution in [2.24, 2.45) is 5.92 Å². The average Bonchev–Trinajstić information content (AvgIpc) is 2.00. The second-order valence-electron chi connectivity index (χ2n) is 3.07. The molecular weight excluding hydrogens is 206 g/mol. The van der Waals surface area contributed by atoms with Crippen molar-refractivity contribution in [3.05, 3.63) is 12.7 Å². The molecule has 0 bridgehead atoms. The van der Waals surface area contributed by atoms with Gasteiger partial charge in [0.2, 0.25) is 0 Å². The van der Waals surface area contributed by atoms with E-state index in [1.54, 1.807) is 6.08 Å². The number of carbonyl (C=O) groups is 1. The van der Waals surface area contributed by atoms with Crippen molar-refractivity contribution in [1.82, 2.24) is 5.32 Å². The van der Waals surface area contributed by atoms with Crippen LogP contribution in [0.2, 0.25) is 0 Å². The van der Waals surface area contributed by atoms with Gasteiger partial charge in [-0.1, -0.05) is 6.08 Å². The maximum atomic E-state index is 10.9. The lowest BCUT2D eigenvalue weighted by atomic mass is 10.2. The fourth-order valence-corrected chi connectivity index (χ4v) is 1.93. The zero-order chi connectivity index (χ0) is 11.2. The summed E-state index contributed by atoms with van der Waals surface area (Å²) >= 11 is 0. The molecule has 0 rings (SSSR count). The van der Waals surface area contributed by atoms with E-state index in [9.17, 15) is 13.2 Å². The molecule has 0 aliphatic rings. The maximum absolute atomic E-state index is 10.9. The van der Waals surface area contributed by atoms with Gasteiger partial charge in [0.1, 0.15) is 9.84 Å². The number of aliphatic carboxylic acids is 1. The monoisotopic (exact) mass is 221 g/mol. The molecule has 0 radical (unpaired) electrons. The van der Waals surface area contributed by atoms with Crippen LogP contribution in [0.15, 0.2) is 12.7 Å². The van der Waals surface area contributed by atoms with Gasteiger partial charge in [-0.25, -0.2) is 8.42 Å². The van der Waals surface area contributed by atoms with E-state index in [2.05, 4.69) is 11.9 Å². The topological polar surface area (TPSA) is 83.5 Å². The number of carboxylic acids is 1. The molecule has 0 spiro atoms. The molecule has 1 atom stereocenters. The Labute approximate surface area is 83.7 Å². The summed E-state index contributed by atoms with van der Waals surface area (Å²) in [5, 5.41) is 11.5. The van der Waals surface area contributed by atoms with Crippen molar-refractivity contribution in [3.63, 3.8) is 0 Å². The van der Waals surface area contributed by atoms with Crippen molar-refractivity contribution < 1.29 is 18.3 Å². The van der Waals surface area contributed by atoms with Crippen LogP contribution in [0.3, 0.4) is 0 Å². The van der Waals surface area contributed by atoms with Crippen molar-refractivity contribution in [2.45, 2.75) is 0 Å².